The molecular formula is C18H19N3O4. The van der Waals surface area contributed by atoms with Crippen LogP contribution in [0.3, 0.4) is 0 Å². The van der Waals surface area contributed by atoms with E-state index in [2.05, 4.69) is 16.0 Å². The number of ether oxygens (including phenoxy) is 2. The first-order valence-corrected chi connectivity index (χ1v) is 7.86. The summed E-state index contributed by atoms with van der Waals surface area (Å²) in [6, 6.07) is 11.7. The third-order valence-corrected chi connectivity index (χ3v) is 3.77. The van der Waals surface area contributed by atoms with Crippen molar-refractivity contribution in [2.75, 3.05) is 24.5 Å². The van der Waals surface area contributed by atoms with E-state index in [9.17, 15) is 9.59 Å². The fourth-order valence-electron chi connectivity index (χ4n) is 2.43. The van der Waals surface area contributed by atoms with Crippen LogP contribution in [-0.2, 0) is 4.79 Å². The Kier molecular flexibility index (Phi) is 4.74. The minimum Gasteiger partial charge on any atom is -0.454 e. The second-order valence-corrected chi connectivity index (χ2v) is 5.58. The van der Waals surface area contributed by atoms with Gasteiger partial charge in [-0.3, -0.25) is 9.59 Å². The van der Waals surface area contributed by atoms with Crippen LogP contribution in [0.5, 0.6) is 11.5 Å². The summed E-state index contributed by atoms with van der Waals surface area (Å²) in [5, 5.41) is 8.48. The lowest BCUT2D eigenvalue weighted by molar-refractivity contribution is -0.116. The van der Waals surface area contributed by atoms with Crippen LogP contribution in [0.15, 0.2) is 42.5 Å². The van der Waals surface area contributed by atoms with Crippen LogP contribution < -0.4 is 25.4 Å². The summed E-state index contributed by atoms with van der Waals surface area (Å²) in [6.07, 6.45) is 0. The van der Waals surface area contributed by atoms with E-state index in [4.69, 9.17) is 9.47 Å². The first-order valence-electron chi connectivity index (χ1n) is 7.86. The number of carbonyl (C=O) groups excluding carboxylic acids is 2. The molecule has 1 aliphatic heterocycles. The van der Waals surface area contributed by atoms with Gasteiger partial charge in [-0.15, -0.1) is 0 Å². The largest absolute Gasteiger partial charge is 0.454 e. The van der Waals surface area contributed by atoms with Crippen molar-refractivity contribution in [2.24, 2.45) is 0 Å². The van der Waals surface area contributed by atoms with Gasteiger partial charge >= 0.3 is 0 Å². The standard InChI is InChI=1S/C18H19N3O4/c1-11(20-13-5-3-4-12(8-13)18(23)19-2)17(22)21-14-6-7-15-16(9-14)25-10-24-15/h3-9,11,20H,10H2,1-2H3,(H,19,23)(H,21,22)/t11-/m0/s1. The Hall–Kier alpha value is -3.22. The third-order valence-electron chi connectivity index (χ3n) is 3.77. The van der Waals surface area contributed by atoms with E-state index in [1.165, 1.54) is 0 Å². The van der Waals surface area contributed by atoms with Gasteiger partial charge < -0.3 is 25.4 Å². The first kappa shape index (κ1) is 16.6. The van der Waals surface area contributed by atoms with Crippen LogP contribution in [0.1, 0.15) is 17.3 Å². The maximum Gasteiger partial charge on any atom is 0.251 e. The number of fused-ring (bicyclic) bond motifs is 1. The number of amides is 2. The number of nitrogens with one attached hydrogen (secondary N) is 3. The summed E-state index contributed by atoms with van der Waals surface area (Å²) in [7, 11) is 1.57. The number of anilines is 2. The molecule has 2 aromatic rings. The van der Waals surface area contributed by atoms with Crippen LogP contribution in [0.25, 0.3) is 0 Å². The molecule has 0 saturated heterocycles. The van der Waals surface area contributed by atoms with E-state index in [0.717, 1.165) is 0 Å². The summed E-state index contributed by atoms with van der Waals surface area (Å²) in [6.45, 7) is 1.93. The summed E-state index contributed by atoms with van der Waals surface area (Å²) in [5.74, 6) is 0.886. The van der Waals surface area contributed by atoms with Gasteiger partial charge in [-0.05, 0) is 37.3 Å². The highest BCUT2D eigenvalue weighted by Crippen LogP contribution is 2.34. The van der Waals surface area contributed by atoms with Gasteiger partial charge in [0, 0.05) is 30.1 Å². The Balaban J connectivity index is 1.64. The van der Waals surface area contributed by atoms with E-state index in [1.54, 1.807) is 56.4 Å². The zero-order valence-electron chi connectivity index (χ0n) is 14.0. The highest BCUT2D eigenvalue weighted by Gasteiger charge is 2.17. The monoisotopic (exact) mass is 341 g/mol. The smallest absolute Gasteiger partial charge is 0.251 e. The SMILES string of the molecule is CNC(=O)c1cccc(N[C@@H](C)C(=O)Nc2ccc3c(c2)OCO3)c1. The Labute approximate surface area is 145 Å². The van der Waals surface area contributed by atoms with Crippen molar-refractivity contribution in [1.82, 2.24) is 5.32 Å². The quantitative estimate of drug-likeness (QED) is 0.776. The van der Waals surface area contributed by atoms with Gasteiger partial charge in [-0.2, -0.15) is 0 Å². The summed E-state index contributed by atoms with van der Waals surface area (Å²) < 4.78 is 10.5. The molecule has 7 heteroatoms. The third kappa shape index (κ3) is 3.82. The van der Waals surface area contributed by atoms with Crippen molar-refractivity contribution in [2.45, 2.75) is 13.0 Å². The number of hydrogen-bond donors (Lipinski definition) is 3. The molecule has 0 aromatic heterocycles. The van der Waals surface area contributed by atoms with E-state index in [1.807, 2.05) is 0 Å². The van der Waals surface area contributed by atoms with E-state index < -0.39 is 6.04 Å². The molecule has 3 N–H and O–H groups in total. The van der Waals surface area contributed by atoms with Crippen molar-refractivity contribution in [1.29, 1.82) is 0 Å². The maximum atomic E-state index is 12.4. The Bertz CT molecular complexity index is 807. The van der Waals surface area contributed by atoms with Crippen molar-refractivity contribution in [3.8, 4) is 11.5 Å². The predicted octanol–water partition coefficient (Wildman–Crippen LogP) is 2.21. The number of hydrogen-bond acceptors (Lipinski definition) is 5. The summed E-state index contributed by atoms with van der Waals surface area (Å²) in [4.78, 5) is 24.0. The normalized spacial score (nSPS) is 13.0. The molecule has 2 aromatic carbocycles. The van der Waals surface area contributed by atoms with E-state index in [-0.39, 0.29) is 18.6 Å². The molecule has 3 rings (SSSR count). The van der Waals surface area contributed by atoms with Gasteiger partial charge in [-0.1, -0.05) is 6.07 Å². The average Bonchev–Trinajstić information content (AvgIpc) is 3.09. The second kappa shape index (κ2) is 7.12. The van der Waals surface area contributed by atoms with Gasteiger partial charge in [0.2, 0.25) is 12.7 Å². The molecular weight excluding hydrogens is 322 g/mol. The minimum absolute atomic E-state index is 0.180. The van der Waals surface area contributed by atoms with Gasteiger partial charge in [0.1, 0.15) is 6.04 Å². The molecule has 0 radical (unpaired) electrons. The number of benzene rings is 2. The molecule has 0 unspecified atom stereocenters. The van der Waals surface area contributed by atoms with Gasteiger partial charge in [-0.25, -0.2) is 0 Å². The molecule has 1 heterocycles. The molecule has 130 valence electrons. The van der Waals surface area contributed by atoms with Crippen molar-refractivity contribution in [3.05, 3.63) is 48.0 Å². The van der Waals surface area contributed by atoms with Crippen molar-refractivity contribution < 1.29 is 19.1 Å². The molecule has 7 nitrogen and oxygen atoms in total. The van der Waals surface area contributed by atoms with Gasteiger partial charge in [0.25, 0.3) is 5.91 Å². The highest BCUT2D eigenvalue weighted by molar-refractivity contribution is 5.97. The summed E-state index contributed by atoms with van der Waals surface area (Å²) in [5.41, 5.74) is 1.84. The molecule has 1 aliphatic rings. The second-order valence-electron chi connectivity index (χ2n) is 5.58. The predicted molar refractivity (Wildman–Crippen MR) is 94.1 cm³/mol. The van der Waals surface area contributed by atoms with Gasteiger partial charge in [0.05, 0.1) is 0 Å². The average molecular weight is 341 g/mol. The lowest BCUT2D eigenvalue weighted by atomic mass is 10.1. The minimum atomic E-state index is -0.495. The molecule has 2 amide bonds. The number of carbonyl (C=O) groups is 2. The van der Waals surface area contributed by atoms with Gasteiger partial charge in [0.15, 0.2) is 11.5 Å². The Morgan fingerprint density at radius 2 is 1.84 bits per heavy atom. The topological polar surface area (TPSA) is 88.7 Å². The van der Waals surface area contributed by atoms with Crippen LogP contribution in [0.2, 0.25) is 0 Å². The van der Waals surface area contributed by atoms with Crippen LogP contribution in [0, 0.1) is 0 Å². The lowest BCUT2D eigenvalue weighted by Gasteiger charge is -2.16. The molecule has 0 saturated carbocycles. The fraction of sp³-hybridized carbons (Fsp3) is 0.222. The number of rotatable bonds is 5. The lowest BCUT2D eigenvalue weighted by Crippen LogP contribution is -2.32. The van der Waals surface area contributed by atoms with Crippen LogP contribution in [0.4, 0.5) is 11.4 Å². The van der Waals surface area contributed by atoms with Crippen LogP contribution >= 0.6 is 0 Å². The first-order chi connectivity index (χ1) is 12.1. The molecule has 0 spiro atoms. The Morgan fingerprint density at radius 3 is 2.64 bits per heavy atom. The molecule has 0 aliphatic carbocycles. The molecule has 0 bridgehead atoms. The highest BCUT2D eigenvalue weighted by atomic mass is 16.7. The summed E-state index contributed by atoms with van der Waals surface area (Å²) >= 11 is 0. The zero-order valence-corrected chi connectivity index (χ0v) is 14.0. The van der Waals surface area contributed by atoms with Crippen molar-refractivity contribution >= 4 is 23.2 Å². The fourth-order valence-corrected chi connectivity index (χ4v) is 2.43. The molecule has 25 heavy (non-hydrogen) atoms. The molecule has 1 atom stereocenters. The van der Waals surface area contributed by atoms with E-state index >= 15 is 0 Å². The Morgan fingerprint density at radius 1 is 1.04 bits per heavy atom. The molecule has 0 fully saturated rings. The van der Waals surface area contributed by atoms with E-state index in [0.29, 0.717) is 28.4 Å². The maximum absolute atomic E-state index is 12.4. The van der Waals surface area contributed by atoms with Crippen molar-refractivity contribution in [3.63, 3.8) is 0 Å². The van der Waals surface area contributed by atoms with Crippen LogP contribution in [-0.4, -0.2) is 31.7 Å². The zero-order chi connectivity index (χ0) is 17.8.